The Labute approximate surface area is 163 Å². The van der Waals surface area contributed by atoms with E-state index in [1.165, 1.54) is 0 Å². The number of unbranched alkanes of at least 4 members (excludes halogenated alkanes) is 1. The smallest absolute Gasteiger partial charge is 0.264 e. The quantitative estimate of drug-likeness (QED) is 0.513. The first-order chi connectivity index (χ1) is 12.8. The lowest BCUT2D eigenvalue weighted by Gasteiger charge is -2.25. The number of hydrogen-bond acceptors (Lipinski definition) is 5. The van der Waals surface area contributed by atoms with E-state index in [9.17, 15) is 9.67 Å². The van der Waals surface area contributed by atoms with Gasteiger partial charge in [-0.15, -0.1) is 0 Å². The van der Waals surface area contributed by atoms with E-state index < -0.39 is 13.2 Å². The van der Waals surface area contributed by atoms with Crippen LogP contribution in [0.25, 0.3) is 0 Å². The van der Waals surface area contributed by atoms with E-state index in [0.717, 1.165) is 24.2 Å². The minimum Gasteiger partial charge on any atom is -0.378 e. The van der Waals surface area contributed by atoms with Gasteiger partial charge in [0.25, 0.3) is 7.37 Å². The van der Waals surface area contributed by atoms with Crippen molar-refractivity contribution in [2.24, 2.45) is 0 Å². The Hall–Kier alpha value is -1.81. The Morgan fingerprint density at radius 2 is 1.41 bits per heavy atom. The van der Waals surface area contributed by atoms with Crippen LogP contribution in [0.5, 0.6) is 0 Å². The SMILES string of the molecule is CCCCO[P@@](=O)(c1ccc(N(C)C)cc1)[C@H](O)c1ccc(N(C)C)cc1. The fourth-order valence-corrected chi connectivity index (χ4v) is 4.83. The van der Waals surface area contributed by atoms with Crippen molar-refractivity contribution in [3.05, 3.63) is 54.1 Å². The van der Waals surface area contributed by atoms with Crippen molar-refractivity contribution < 1.29 is 14.2 Å². The molecule has 2 aromatic carbocycles. The van der Waals surface area contributed by atoms with Crippen molar-refractivity contribution in [2.75, 3.05) is 44.6 Å². The second-order valence-corrected chi connectivity index (χ2v) is 9.51. The van der Waals surface area contributed by atoms with E-state index in [1.54, 1.807) is 12.1 Å². The summed E-state index contributed by atoms with van der Waals surface area (Å²) in [5, 5.41) is 11.5. The zero-order valence-electron chi connectivity index (χ0n) is 16.9. The van der Waals surface area contributed by atoms with E-state index in [2.05, 4.69) is 6.92 Å². The van der Waals surface area contributed by atoms with Crippen LogP contribution in [0.15, 0.2) is 48.5 Å². The highest BCUT2D eigenvalue weighted by Crippen LogP contribution is 2.57. The highest BCUT2D eigenvalue weighted by Gasteiger charge is 2.36. The lowest BCUT2D eigenvalue weighted by atomic mass is 10.2. The maximum absolute atomic E-state index is 13.8. The number of nitrogens with zero attached hydrogens (tertiary/aromatic N) is 2. The summed E-state index contributed by atoms with van der Waals surface area (Å²) >= 11 is 0. The molecule has 0 aliphatic rings. The van der Waals surface area contributed by atoms with Crippen molar-refractivity contribution in [2.45, 2.75) is 25.6 Å². The number of hydrogen-bond donors (Lipinski definition) is 1. The molecule has 148 valence electrons. The Morgan fingerprint density at radius 3 is 1.85 bits per heavy atom. The Kier molecular flexibility index (Phi) is 7.49. The lowest BCUT2D eigenvalue weighted by Crippen LogP contribution is -2.16. The van der Waals surface area contributed by atoms with Gasteiger partial charge in [0.2, 0.25) is 0 Å². The summed E-state index contributed by atoms with van der Waals surface area (Å²) in [6, 6.07) is 14.8. The van der Waals surface area contributed by atoms with Crippen LogP contribution in [-0.2, 0) is 9.09 Å². The summed E-state index contributed by atoms with van der Waals surface area (Å²) in [5.41, 5.74) is 2.61. The van der Waals surface area contributed by atoms with Crippen molar-refractivity contribution >= 4 is 24.0 Å². The minimum absolute atomic E-state index is 0.357. The molecule has 0 aliphatic heterocycles. The molecule has 0 spiro atoms. The predicted octanol–water partition coefficient (Wildman–Crippen LogP) is 4.23. The van der Waals surface area contributed by atoms with Gasteiger partial charge in [0.05, 0.1) is 6.61 Å². The van der Waals surface area contributed by atoms with Gasteiger partial charge in [0.15, 0.2) is 5.85 Å². The van der Waals surface area contributed by atoms with Crippen molar-refractivity contribution in [3.8, 4) is 0 Å². The van der Waals surface area contributed by atoms with Crippen LogP contribution < -0.4 is 15.1 Å². The Bertz CT molecular complexity index is 758. The fourth-order valence-electron chi connectivity index (χ4n) is 2.73. The average Bonchev–Trinajstić information content (AvgIpc) is 2.67. The molecule has 0 saturated carbocycles. The molecule has 0 aliphatic carbocycles. The van der Waals surface area contributed by atoms with Gasteiger partial charge in [-0.05, 0) is 48.4 Å². The van der Waals surface area contributed by atoms with Gasteiger partial charge < -0.3 is 19.4 Å². The number of aliphatic hydroxyl groups excluding tert-OH is 1. The van der Waals surface area contributed by atoms with Crippen LogP contribution in [0.4, 0.5) is 11.4 Å². The summed E-state index contributed by atoms with van der Waals surface area (Å²) in [7, 11) is 4.33. The summed E-state index contributed by atoms with van der Waals surface area (Å²) < 4.78 is 19.6. The van der Waals surface area contributed by atoms with Gasteiger partial charge >= 0.3 is 0 Å². The van der Waals surface area contributed by atoms with Gasteiger partial charge in [-0.1, -0.05) is 25.5 Å². The van der Waals surface area contributed by atoms with Crippen LogP contribution in [0.3, 0.4) is 0 Å². The fraction of sp³-hybridized carbons (Fsp3) is 0.429. The van der Waals surface area contributed by atoms with Crippen molar-refractivity contribution in [1.29, 1.82) is 0 Å². The summed E-state index contributed by atoms with van der Waals surface area (Å²) in [6.07, 6.45) is 1.74. The molecule has 2 rings (SSSR count). The summed E-state index contributed by atoms with van der Waals surface area (Å²) in [5.74, 6) is -1.20. The van der Waals surface area contributed by atoms with Crippen molar-refractivity contribution in [3.63, 3.8) is 0 Å². The normalized spacial score (nSPS) is 14.4. The molecule has 0 heterocycles. The first kappa shape index (κ1) is 21.5. The molecule has 0 unspecified atom stereocenters. The van der Waals surface area contributed by atoms with Gasteiger partial charge in [-0.2, -0.15) is 0 Å². The average molecular weight is 390 g/mol. The van der Waals surface area contributed by atoms with Crippen LogP contribution >= 0.6 is 7.37 Å². The van der Waals surface area contributed by atoms with Gasteiger partial charge in [-0.25, -0.2) is 0 Å². The molecule has 1 N–H and O–H groups in total. The minimum atomic E-state index is -3.48. The Balaban J connectivity index is 2.37. The molecular weight excluding hydrogens is 359 g/mol. The van der Waals surface area contributed by atoms with Crippen LogP contribution in [0, 0.1) is 0 Å². The largest absolute Gasteiger partial charge is 0.378 e. The zero-order valence-corrected chi connectivity index (χ0v) is 17.8. The van der Waals surface area contributed by atoms with E-state index in [4.69, 9.17) is 4.52 Å². The molecule has 5 nitrogen and oxygen atoms in total. The molecule has 0 radical (unpaired) electrons. The third-order valence-corrected chi connectivity index (χ3v) is 7.06. The molecule has 0 saturated heterocycles. The molecule has 6 heteroatoms. The molecule has 0 fully saturated rings. The van der Waals surface area contributed by atoms with E-state index in [0.29, 0.717) is 17.5 Å². The summed E-state index contributed by atoms with van der Waals surface area (Å²) in [6.45, 7) is 2.41. The third-order valence-electron chi connectivity index (χ3n) is 4.54. The van der Waals surface area contributed by atoms with Crippen LogP contribution in [-0.4, -0.2) is 39.9 Å². The lowest BCUT2D eigenvalue weighted by molar-refractivity contribution is 0.213. The van der Waals surface area contributed by atoms with Crippen LogP contribution in [0.1, 0.15) is 31.2 Å². The molecule has 2 aromatic rings. The third kappa shape index (κ3) is 5.13. The van der Waals surface area contributed by atoms with E-state index >= 15 is 0 Å². The molecule has 27 heavy (non-hydrogen) atoms. The Morgan fingerprint density at radius 1 is 0.926 bits per heavy atom. The van der Waals surface area contributed by atoms with E-state index in [-0.39, 0.29) is 0 Å². The first-order valence-corrected chi connectivity index (χ1v) is 11.0. The van der Waals surface area contributed by atoms with Crippen molar-refractivity contribution in [1.82, 2.24) is 0 Å². The molecular formula is C21H31N2O3P. The second kappa shape index (κ2) is 9.41. The molecule has 0 aromatic heterocycles. The molecule has 0 amide bonds. The number of anilines is 2. The molecule has 2 atom stereocenters. The topological polar surface area (TPSA) is 53.0 Å². The standard InChI is InChI=1S/C21H31N2O3P/c1-6-7-16-26-27(25,20-14-12-19(13-15-20)23(4)5)21(24)17-8-10-18(11-9-17)22(2)3/h8-15,21,24H,6-7,16H2,1-5H3/t21-,27-/m0/s1. The molecule has 0 bridgehead atoms. The number of rotatable bonds is 9. The van der Waals surface area contributed by atoms with Gasteiger partial charge in [0, 0.05) is 44.9 Å². The van der Waals surface area contributed by atoms with Gasteiger partial charge in [-0.3, -0.25) is 4.57 Å². The predicted molar refractivity (Wildman–Crippen MR) is 115 cm³/mol. The highest BCUT2D eigenvalue weighted by atomic mass is 31.2. The maximum Gasteiger partial charge on any atom is 0.264 e. The van der Waals surface area contributed by atoms with E-state index in [1.807, 2.05) is 74.4 Å². The maximum atomic E-state index is 13.8. The first-order valence-electron chi connectivity index (χ1n) is 9.27. The van der Waals surface area contributed by atoms with Crippen LogP contribution in [0.2, 0.25) is 0 Å². The summed E-state index contributed by atoms with van der Waals surface area (Å²) in [4.78, 5) is 3.95. The second-order valence-electron chi connectivity index (χ2n) is 7.05. The van der Waals surface area contributed by atoms with Gasteiger partial charge in [0.1, 0.15) is 0 Å². The monoisotopic (exact) mass is 390 g/mol. The highest BCUT2D eigenvalue weighted by molar-refractivity contribution is 7.67. The zero-order chi connectivity index (χ0) is 20.0. The number of benzene rings is 2. The number of aliphatic hydroxyl groups is 1.